The van der Waals surface area contributed by atoms with Crippen molar-refractivity contribution in [3.63, 3.8) is 0 Å². The van der Waals surface area contributed by atoms with Crippen LogP contribution >= 0.6 is 0 Å². The molecule has 2 N–H and O–H groups in total. The number of carbonyl (C=O) groups excluding carboxylic acids is 3. The van der Waals surface area contributed by atoms with Crippen LogP contribution in [-0.2, 0) is 9.59 Å². The van der Waals surface area contributed by atoms with Gasteiger partial charge >= 0.3 is 0 Å². The van der Waals surface area contributed by atoms with Crippen LogP contribution in [0.1, 0.15) is 36.0 Å². The highest BCUT2D eigenvalue weighted by molar-refractivity contribution is 5.98. The molecule has 29 heavy (non-hydrogen) atoms. The van der Waals surface area contributed by atoms with Crippen LogP contribution in [0.3, 0.4) is 0 Å². The molecule has 1 aromatic carbocycles. The van der Waals surface area contributed by atoms with Crippen LogP contribution in [0.25, 0.3) is 0 Å². The summed E-state index contributed by atoms with van der Waals surface area (Å²) in [6.45, 7) is 1.20. The summed E-state index contributed by atoms with van der Waals surface area (Å²) in [4.78, 5) is 39.3. The summed E-state index contributed by atoms with van der Waals surface area (Å²) in [6.07, 6.45) is 3.12. The number of hydrogen-bond donors (Lipinski definition) is 2. The molecular weight excluding hydrogens is 374 g/mol. The Morgan fingerprint density at radius 3 is 2.90 bits per heavy atom. The van der Waals surface area contributed by atoms with Gasteiger partial charge in [0.25, 0.3) is 5.91 Å². The highest BCUT2D eigenvalue weighted by Crippen LogP contribution is 2.53. The lowest BCUT2D eigenvalue weighted by atomic mass is 9.59. The molecule has 4 fully saturated rings. The first-order valence-electron chi connectivity index (χ1n) is 10.2. The van der Waals surface area contributed by atoms with Crippen molar-refractivity contribution in [2.24, 2.45) is 17.8 Å². The van der Waals surface area contributed by atoms with Crippen LogP contribution in [-0.4, -0.2) is 55.1 Å². The van der Waals surface area contributed by atoms with E-state index in [4.69, 9.17) is 9.47 Å². The van der Waals surface area contributed by atoms with Crippen LogP contribution in [0, 0.1) is 17.8 Å². The van der Waals surface area contributed by atoms with Crippen molar-refractivity contribution < 1.29 is 23.9 Å². The smallest absolute Gasteiger partial charge is 0.258 e. The Bertz CT molecular complexity index is 887. The first-order chi connectivity index (χ1) is 14.0. The second-order valence-electron chi connectivity index (χ2n) is 8.50. The second-order valence-corrected chi connectivity index (χ2v) is 8.50. The van der Waals surface area contributed by atoms with E-state index >= 15 is 0 Å². The summed E-state index contributed by atoms with van der Waals surface area (Å²) in [5.74, 6) is 1.08. The minimum atomic E-state index is -0.768. The predicted octanol–water partition coefficient (Wildman–Crippen LogP) is 0.908. The number of carbonyl (C=O) groups is 3. The molecule has 0 aromatic heterocycles. The molecular formula is C21H25N3O5. The van der Waals surface area contributed by atoms with E-state index in [0.717, 1.165) is 12.8 Å². The fraction of sp³-hybridized carbons (Fsp3) is 0.571. The summed E-state index contributed by atoms with van der Waals surface area (Å²) >= 11 is 0. The lowest BCUT2D eigenvalue weighted by molar-refractivity contribution is -0.158. The van der Waals surface area contributed by atoms with Gasteiger partial charge in [0.05, 0.1) is 19.2 Å². The molecule has 154 valence electrons. The second kappa shape index (κ2) is 6.64. The van der Waals surface area contributed by atoms with E-state index in [2.05, 4.69) is 10.6 Å². The minimum Gasteiger partial charge on any atom is -0.497 e. The zero-order valence-corrected chi connectivity index (χ0v) is 16.4. The van der Waals surface area contributed by atoms with Gasteiger partial charge in [-0.15, -0.1) is 0 Å². The molecule has 2 heterocycles. The zero-order chi connectivity index (χ0) is 20.2. The molecule has 1 saturated heterocycles. The number of methoxy groups -OCH3 is 1. The number of benzene rings is 1. The summed E-state index contributed by atoms with van der Waals surface area (Å²) in [5, 5.41) is 5.88. The Morgan fingerprint density at radius 2 is 2.17 bits per heavy atom. The van der Waals surface area contributed by atoms with Gasteiger partial charge in [0.15, 0.2) is 5.72 Å². The molecule has 8 heteroatoms. The summed E-state index contributed by atoms with van der Waals surface area (Å²) in [7, 11) is 1.58. The average Bonchev–Trinajstić information content (AvgIpc) is 2.73. The number of hydrogen-bond acceptors (Lipinski definition) is 5. The average molecular weight is 399 g/mol. The molecule has 3 aliphatic carbocycles. The molecule has 4 atom stereocenters. The van der Waals surface area contributed by atoms with Gasteiger partial charge in [0.2, 0.25) is 11.8 Å². The maximum atomic E-state index is 13.1. The minimum absolute atomic E-state index is 0.0587. The van der Waals surface area contributed by atoms with Gasteiger partial charge in [-0.05, 0) is 37.3 Å². The molecule has 3 amide bonds. The normalized spacial score (nSPS) is 32.9. The van der Waals surface area contributed by atoms with Gasteiger partial charge < -0.3 is 25.0 Å². The summed E-state index contributed by atoms with van der Waals surface area (Å²) in [5.41, 5.74) is -0.264. The highest BCUT2D eigenvalue weighted by Gasteiger charge is 2.57. The zero-order valence-electron chi connectivity index (χ0n) is 16.4. The topological polar surface area (TPSA) is 97.0 Å². The van der Waals surface area contributed by atoms with Crippen LogP contribution in [0.15, 0.2) is 18.2 Å². The van der Waals surface area contributed by atoms with E-state index in [0.29, 0.717) is 43.0 Å². The third-order valence-corrected chi connectivity index (χ3v) is 6.94. The maximum Gasteiger partial charge on any atom is 0.258 e. The van der Waals surface area contributed by atoms with Crippen LogP contribution in [0.2, 0.25) is 0 Å². The molecule has 0 radical (unpaired) electrons. The van der Waals surface area contributed by atoms with Crippen LogP contribution < -0.4 is 20.1 Å². The van der Waals surface area contributed by atoms with Gasteiger partial charge in [-0.3, -0.25) is 14.4 Å². The third kappa shape index (κ3) is 2.92. The van der Waals surface area contributed by atoms with Crippen molar-refractivity contribution in [2.45, 2.75) is 31.4 Å². The van der Waals surface area contributed by atoms with Crippen molar-refractivity contribution in [1.82, 2.24) is 15.5 Å². The van der Waals surface area contributed by atoms with Gasteiger partial charge in [0, 0.05) is 37.4 Å². The van der Waals surface area contributed by atoms with E-state index in [1.807, 2.05) is 0 Å². The number of amides is 3. The van der Waals surface area contributed by atoms with Crippen LogP contribution in [0.4, 0.5) is 0 Å². The highest BCUT2D eigenvalue weighted by atomic mass is 16.5. The Kier molecular flexibility index (Phi) is 4.18. The number of rotatable bonds is 2. The Labute approximate surface area is 168 Å². The molecule has 2 bridgehead atoms. The summed E-state index contributed by atoms with van der Waals surface area (Å²) in [6, 6.07) is 5.22. The van der Waals surface area contributed by atoms with Crippen LogP contribution in [0.5, 0.6) is 11.5 Å². The van der Waals surface area contributed by atoms with E-state index in [-0.39, 0.29) is 42.0 Å². The number of piperazine rings is 1. The monoisotopic (exact) mass is 399 g/mol. The Balaban J connectivity index is 1.38. The number of nitrogens with one attached hydrogen (secondary N) is 2. The van der Waals surface area contributed by atoms with Crippen molar-refractivity contribution in [3.05, 3.63) is 23.8 Å². The quantitative estimate of drug-likeness (QED) is 0.771. The van der Waals surface area contributed by atoms with Gasteiger partial charge in [0.1, 0.15) is 11.5 Å². The molecule has 1 aromatic rings. The summed E-state index contributed by atoms with van der Waals surface area (Å²) < 4.78 is 11.7. The lowest BCUT2D eigenvalue weighted by Gasteiger charge is -2.55. The van der Waals surface area contributed by atoms with Crippen molar-refractivity contribution in [3.8, 4) is 11.5 Å². The molecule has 3 saturated carbocycles. The molecule has 1 spiro atoms. The molecule has 2 aliphatic heterocycles. The Hall–Kier alpha value is -2.77. The first kappa shape index (κ1) is 18.3. The van der Waals surface area contributed by atoms with Gasteiger partial charge in [-0.1, -0.05) is 0 Å². The SMILES string of the molecule is COc1ccc2c(c1)O[C@@]1(C[C@H]3CC[C@H]1C[C@@H]3C(=O)N1CCNC(=O)C1)NC2=O. The van der Waals surface area contributed by atoms with Crippen molar-refractivity contribution in [2.75, 3.05) is 26.7 Å². The fourth-order valence-corrected chi connectivity index (χ4v) is 5.48. The number of nitrogens with zero attached hydrogens (tertiary/aromatic N) is 1. The van der Waals surface area contributed by atoms with Gasteiger partial charge in [-0.2, -0.15) is 0 Å². The third-order valence-electron chi connectivity index (χ3n) is 6.94. The van der Waals surface area contributed by atoms with Gasteiger partial charge in [-0.25, -0.2) is 0 Å². The predicted molar refractivity (Wildman–Crippen MR) is 102 cm³/mol. The maximum absolute atomic E-state index is 13.1. The van der Waals surface area contributed by atoms with E-state index < -0.39 is 5.72 Å². The molecule has 5 aliphatic rings. The van der Waals surface area contributed by atoms with E-state index in [1.54, 1.807) is 30.2 Å². The number of fused-ring (bicyclic) bond motifs is 3. The first-order valence-corrected chi connectivity index (χ1v) is 10.2. The van der Waals surface area contributed by atoms with Crippen molar-refractivity contribution >= 4 is 17.7 Å². The molecule has 0 unspecified atom stereocenters. The lowest BCUT2D eigenvalue weighted by Crippen LogP contribution is -2.67. The molecule has 8 nitrogen and oxygen atoms in total. The van der Waals surface area contributed by atoms with E-state index in [9.17, 15) is 14.4 Å². The Morgan fingerprint density at radius 1 is 1.31 bits per heavy atom. The standard InChI is InChI=1S/C21H25N3O5/c1-28-14-4-5-15-17(9-14)29-21(23-19(15)26)10-12-2-3-13(21)8-16(12)20(27)24-7-6-22-18(25)11-24/h4-5,9,12-13,16H,2-3,6-8,10-11H2,1H3,(H,22,25)(H,23,26)/t12-,13+,16+,21-/m1/s1. The fourth-order valence-electron chi connectivity index (χ4n) is 5.48. The number of ether oxygens (including phenoxy) is 2. The molecule has 6 rings (SSSR count). The van der Waals surface area contributed by atoms with E-state index in [1.165, 1.54) is 0 Å². The largest absolute Gasteiger partial charge is 0.497 e. The van der Waals surface area contributed by atoms with Crippen molar-refractivity contribution in [1.29, 1.82) is 0 Å².